The van der Waals surface area contributed by atoms with Crippen LogP contribution in [0.5, 0.6) is 0 Å². The largest absolute Gasteiger partial charge is 0.345 e. The summed E-state index contributed by atoms with van der Waals surface area (Å²) >= 11 is 0. The minimum absolute atomic E-state index is 0.0518. The molecule has 0 aliphatic heterocycles. The summed E-state index contributed by atoms with van der Waals surface area (Å²) in [5, 5.41) is 9.19. The fraction of sp³-hybridized carbons (Fsp3) is 0.231. The number of aromatic nitrogens is 2. The highest BCUT2D eigenvalue weighted by atomic mass is 19.1. The zero-order valence-electron chi connectivity index (χ0n) is 10.2. The molecule has 0 fully saturated rings. The Morgan fingerprint density at radius 3 is 2.89 bits per heavy atom. The first kappa shape index (κ1) is 12.3. The number of halogens is 1. The highest BCUT2D eigenvalue weighted by Crippen LogP contribution is 2.13. The number of hydrogen-bond donors (Lipinski definition) is 2. The summed E-state index contributed by atoms with van der Waals surface area (Å²) in [6.45, 7) is 3.59. The molecule has 0 bridgehead atoms. The summed E-state index contributed by atoms with van der Waals surface area (Å²) in [5.74, 6) is -0.937. The maximum atomic E-state index is 13.6. The number of H-pyrrole nitrogens is 1. The molecule has 0 aliphatic carbocycles. The first-order chi connectivity index (χ1) is 8.58. The third-order valence-electron chi connectivity index (χ3n) is 2.74. The van der Waals surface area contributed by atoms with E-state index in [0.29, 0.717) is 0 Å². The number of hydrogen-bond acceptors (Lipinski definition) is 2. The number of benzene rings is 1. The topological polar surface area (TPSA) is 57.8 Å². The fourth-order valence-electron chi connectivity index (χ4n) is 1.66. The lowest BCUT2D eigenvalue weighted by Crippen LogP contribution is -2.27. The van der Waals surface area contributed by atoms with Gasteiger partial charge in [0.2, 0.25) is 0 Å². The van der Waals surface area contributed by atoms with Crippen molar-refractivity contribution < 1.29 is 9.18 Å². The molecule has 18 heavy (non-hydrogen) atoms. The number of rotatable bonds is 3. The van der Waals surface area contributed by atoms with Gasteiger partial charge in [0.25, 0.3) is 5.91 Å². The molecule has 1 unspecified atom stereocenters. The molecular formula is C13H14FN3O. The van der Waals surface area contributed by atoms with Crippen LogP contribution in [-0.2, 0) is 0 Å². The molecule has 1 aromatic heterocycles. The summed E-state index contributed by atoms with van der Waals surface area (Å²) < 4.78 is 13.6. The van der Waals surface area contributed by atoms with Crippen LogP contribution in [0.15, 0.2) is 30.6 Å². The van der Waals surface area contributed by atoms with Crippen LogP contribution in [0.25, 0.3) is 0 Å². The first-order valence-corrected chi connectivity index (χ1v) is 5.63. The number of nitrogens with zero attached hydrogens (tertiary/aromatic N) is 1. The molecule has 1 atom stereocenters. The molecule has 4 nitrogen and oxygen atoms in total. The van der Waals surface area contributed by atoms with Gasteiger partial charge in [-0.2, -0.15) is 5.10 Å². The molecule has 1 amide bonds. The van der Waals surface area contributed by atoms with Gasteiger partial charge < -0.3 is 5.32 Å². The highest BCUT2D eigenvalue weighted by molar-refractivity contribution is 5.94. The van der Waals surface area contributed by atoms with E-state index in [1.807, 2.05) is 6.92 Å². The van der Waals surface area contributed by atoms with E-state index in [2.05, 4.69) is 15.5 Å². The number of carbonyl (C=O) groups is 1. The normalized spacial score (nSPS) is 12.2. The van der Waals surface area contributed by atoms with Crippen LogP contribution in [0.4, 0.5) is 4.39 Å². The molecule has 5 heteroatoms. The maximum Gasteiger partial charge on any atom is 0.254 e. The Hall–Kier alpha value is -2.17. The Labute approximate surface area is 104 Å². The van der Waals surface area contributed by atoms with Crippen LogP contribution >= 0.6 is 0 Å². The van der Waals surface area contributed by atoms with Crippen molar-refractivity contribution in [2.24, 2.45) is 0 Å². The molecule has 0 saturated heterocycles. The Balaban J connectivity index is 2.12. The van der Waals surface area contributed by atoms with E-state index in [1.165, 1.54) is 12.1 Å². The van der Waals surface area contributed by atoms with Gasteiger partial charge in [-0.15, -0.1) is 0 Å². The standard InChI is InChI=1S/C13H14FN3O/c1-8-3-4-11(12(14)5-8)13(18)17-9(2)10-6-15-16-7-10/h3-7,9H,1-2H3,(H,15,16)(H,17,18). The SMILES string of the molecule is Cc1ccc(C(=O)NC(C)c2cn[nH]c2)c(F)c1. The third-order valence-corrected chi connectivity index (χ3v) is 2.74. The van der Waals surface area contributed by atoms with Crippen LogP contribution in [0.1, 0.15) is 34.5 Å². The molecule has 0 saturated carbocycles. The summed E-state index contributed by atoms with van der Waals surface area (Å²) in [7, 11) is 0. The van der Waals surface area contributed by atoms with Gasteiger partial charge in [-0.1, -0.05) is 6.07 Å². The molecule has 94 valence electrons. The number of nitrogens with one attached hydrogen (secondary N) is 2. The molecule has 1 aromatic carbocycles. The van der Waals surface area contributed by atoms with E-state index in [4.69, 9.17) is 0 Å². The molecule has 1 heterocycles. The molecule has 2 N–H and O–H groups in total. The average Bonchev–Trinajstić information content (AvgIpc) is 2.81. The van der Waals surface area contributed by atoms with Gasteiger partial charge in [0.05, 0.1) is 17.8 Å². The summed E-state index contributed by atoms with van der Waals surface area (Å²) in [6, 6.07) is 4.32. The van der Waals surface area contributed by atoms with Crippen LogP contribution in [0.2, 0.25) is 0 Å². The van der Waals surface area contributed by atoms with Crippen LogP contribution in [0.3, 0.4) is 0 Å². The van der Waals surface area contributed by atoms with Crippen LogP contribution in [-0.4, -0.2) is 16.1 Å². The molecule has 0 spiro atoms. The van der Waals surface area contributed by atoms with Gasteiger partial charge in [0, 0.05) is 11.8 Å². The van der Waals surface area contributed by atoms with Crippen LogP contribution in [0, 0.1) is 12.7 Å². The zero-order chi connectivity index (χ0) is 13.1. The summed E-state index contributed by atoms with van der Waals surface area (Å²) in [4.78, 5) is 11.9. The molecule has 2 aromatic rings. The lowest BCUT2D eigenvalue weighted by Gasteiger charge is -2.12. The van der Waals surface area contributed by atoms with Crippen LogP contribution < -0.4 is 5.32 Å². The lowest BCUT2D eigenvalue weighted by molar-refractivity contribution is 0.0936. The number of aryl methyl sites for hydroxylation is 1. The van der Waals surface area contributed by atoms with E-state index < -0.39 is 11.7 Å². The van der Waals surface area contributed by atoms with Crippen molar-refractivity contribution >= 4 is 5.91 Å². The molecule has 0 radical (unpaired) electrons. The summed E-state index contributed by atoms with van der Waals surface area (Å²) in [6.07, 6.45) is 3.31. The quantitative estimate of drug-likeness (QED) is 0.874. The van der Waals surface area contributed by atoms with Crippen molar-refractivity contribution in [3.05, 3.63) is 53.1 Å². The van der Waals surface area contributed by atoms with Gasteiger partial charge in [-0.05, 0) is 31.5 Å². The number of amides is 1. The Kier molecular flexibility index (Phi) is 3.41. The van der Waals surface area contributed by atoms with Crippen molar-refractivity contribution in [1.82, 2.24) is 15.5 Å². The van der Waals surface area contributed by atoms with Crippen molar-refractivity contribution in [1.29, 1.82) is 0 Å². The Morgan fingerprint density at radius 1 is 1.50 bits per heavy atom. The maximum absolute atomic E-state index is 13.6. The fourth-order valence-corrected chi connectivity index (χ4v) is 1.66. The summed E-state index contributed by atoms with van der Waals surface area (Å²) in [5.41, 5.74) is 1.68. The minimum atomic E-state index is -0.508. The minimum Gasteiger partial charge on any atom is -0.345 e. The van der Waals surface area contributed by atoms with Gasteiger partial charge in [0.15, 0.2) is 0 Å². The van der Waals surface area contributed by atoms with Gasteiger partial charge in [-0.25, -0.2) is 4.39 Å². The van der Waals surface area contributed by atoms with E-state index in [9.17, 15) is 9.18 Å². The van der Waals surface area contributed by atoms with E-state index in [1.54, 1.807) is 25.4 Å². The molecule has 2 rings (SSSR count). The second-order valence-electron chi connectivity index (χ2n) is 4.21. The molecular weight excluding hydrogens is 233 g/mol. The van der Waals surface area contributed by atoms with E-state index >= 15 is 0 Å². The van der Waals surface area contributed by atoms with E-state index in [0.717, 1.165) is 11.1 Å². The lowest BCUT2D eigenvalue weighted by atomic mass is 10.1. The van der Waals surface area contributed by atoms with Crippen molar-refractivity contribution in [3.63, 3.8) is 0 Å². The van der Waals surface area contributed by atoms with Gasteiger partial charge in [0.1, 0.15) is 5.82 Å². The zero-order valence-corrected chi connectivity index (χ0v) is 10.2. The van der Waals surface area contributed by atoms with Crippen molar-refractivity contribution in [3.8, 4) is 0 Å². The second-order valence-corrected chi connectivity index (χ2v) is 4.21. The number of carbonyl (C=O) groups excluding carboxylic acids is 1. The smallest absolute Gasteiger partial charge is 0.254 e. The predicted molar refractivity (Wildman–Crippen MR) is 65.6 cm³/mol. The Bertz CT molecular complexity index is 551. The highest BCUT2D eigenvalue weighted by Gasteiger charge is 2.15. The average molecular weight is 247 g/mol. The molecule has 0 aliphatic rings. The monoisotopic (exact) mass is 247 g/mol. The third kappa shape index (κ3) is 2.56. The van der Waals surface area contributed by atoms with Gasteiger partial charge in [-0.3, -0.25) is 9.89 Å². The van der Waals surface area contributed by atoms with E-state index in [-0.39, 0.29) is 11.6 Å². The Morgan fingerprint density at radius 2 is 2.28 bits per heavy atom. The number of aromatic amines is 1. The van der Waals surface area contributed by atoms with Gasteiger partial charge >= 0.3 is 0 Å². The predicted octanol–water partition coefficient (Wildman–Crippen LogP) is 2.35. The van der Waals surface area contributed by atoms with Crippen molar-refractivity contribution in [2.45, 2.75) is 19.9 Å². The first-order valence-electron chi connectivity index (χ1n) is 5.63. The second kappa shape index (κ2) is 5.00. The van der Waals surface area contributed by atoms with Crippen molar-refractivity contribution in [2.75, 3.05) is 0 Å².